The third-order valence-electron chi connectivity index (χ3n) is 2.97. The number of nitrogens with one attached hydrogen (secondary N) is 1. The van der Waals surface area contributed by atoms with Crippen LogP contribution in [0, 0.1) is 12.3 Å². The van der Waals surface area contributed by atoms with E-state index in [2.05, 4.69) is 11.9 Å². The lowest BCUT2D eigenvalue weighted by Gasteiger charge is -2.09. The molecule has 4 heteroatoms. The molecule has 0 radical (unpaired) electrons. The fourth-order valence-electron chi connectivity index (χ4n) is 1.98. The molecule has 0 amide bonds. The summed E-state index contributed by atoms with van der Waals surface area (Å²) >= 11 is 0. The first kappa shape index (κ1) is 13.3. The van der Waals surface area contributed by atoms with Crippen LogP contribution in [-0.4, -0.2) is 17.4 Å². The largest absolute Gasteiger partial charge is 0.494 e. The van der Waals surface area contributed by atoms with Crippen LogP contribution in [0.25, 0.3) is 10.9 Å². The zero-order valence-electron chi connectivity index (χ0n) is 11.4. The summed E-state index contributed by atoms with van der Waals surface area (Å²) in [7, 11) is 0. The number of fused-ring (bicyclic) bond motifs is 1. The Morgan fingerprint density at radius 2 is 2.16 bits per heavy atom. The van der Waals surface area contributed by atoms with Crippen molar-refractivity contribution in [3.8, 4) is 5.75 Å². The Balaban J connectivity index is 2.42. The number of nitrogens with zero attached hydrogens (tertiary/aromatic N) is 1. The Morgan fingerprint density at radius 3 is 2.84 bits per heavy atom. The number of rotatable bonds is 5. The zero-order valence-corrected chi connectivity index (χ0v) is 11.4. The van der Waals surface area contributed by atoms with Crippen LogP contribution in [0.15, 0.2) is 24.3 Å². The van der Waals surface area contributed by atoms with Crippen LogP contribution in [0.3, 0.4) is 0 Å². The summed E-state index contributed by atoms with van der Waals surface area (Å²) in [6.07, 6.45) is 2.14. The molecule has 0 saturated heterocycles. The monoisotopic (exact) mass is 257 g/mol. The highest BCUT2D eigenvalue weighted by Gasteiger charge is 2.08. The Kier molecular flexibility index (Phi) is 4.00. The summed E-state index contributed by atoms with van der Waals surface area (Å²) in [5.74, 6) is 0.857. The fraction of sp³-hybridized carbons (Fsp3) is 0.333. The van der Waals surface area contributed by atoms with Gasteiger partial charge in [0.25, 0.3) is 0 Å². The summed E-state index contributed by atoms with van der Waals surface area (Å²) in [6.45, 7) is 4.73. The number of pyridine rings is 1. The number of aromatic nitrogens is 1. The van der Waals surface area contributed by atoms with E-state index < -0.39 is 0 Å². The van der Waals surface area contributed by atoms with E-state index in [0.717, 1.165) is 35.2 Å². The van der Waals surface area contributed by atoms with Crippen LogP contribution >= 0.6 is 0 Å². The molecular formula is C15H19N3O. The van der Waals surface area contributed by atoms with Crippen LogP contribution in [0.2, 0.25) is 0 Å². The molecule has 1 aromatic heterocycles. The van der Waals surface area contributed by atoms with E-state index in [0.29, 0.717) is 12.2 Å². The van der Waals surface area contributed by atoms with E-state index in [1.165, 1.54) is 0 Å². The number of aryl methyl sites for hydroxylation is 1. The van der Waals surface area contributed by atoms with E-state index in [1.807, 2.05) is 31.2 Å². The number of nitrogen functional groups attached to an aromatic ring is 1. The van der Waals surface area contributed by atoms with Crippen molar-refractivity contribution in [2.45, 2.75) is 26.7 Å². The normalized spacial score (nSPS) is 10.6. The van der Waals surface area contributed by atoms with Gasteiger partial charge in [-0.1, -0.05) is 13.3 Å². The zero-order chi connectivity index (χ0) is 13.8. The summed E-state index contributed by atoms with van der Waals surface area (Å²) < 4.78 is 5.68. The van der Waals surface area contributed by atoms with Crippen molar-refractivity contribution >= 4 is 16.7 Å². The van der Waals surface area contributed by atoms with Crippen molar-refractivity contribution in [3.05, 3.63) is 35.5 Å². The number of amidine groups is 1. The summed E-state index contributed by atoms with van der Waals surface area (Å²) in [5, 5.41) is 8.53. The van der Waals surface area contributed by atoms with Crippen molar-refractivity contribution in [1.82, 2.24) is 4.98 Å². The van der Waals surface area contributed by atoms with Gasteiger partial charge in [-0.25, -0.2) is 0 Å². The Morgan fingerprint density at radius 1 is 1.37 bits per heavy atom. The number of ether oxygens (including phenoxy) is 1. The third-order valence-corrected chi connectivity index (χ3v) is 2.97. The van der Waals surface area contributed by atoms with Gasteiger partial charge >= 0.3 is 0 Å². The minimum Gasteiger partial charge on any atom is -0.494 e. The van der Waals surface area contributed by atoms with Crippen molar-refractivity contribution < 1.29 is 4.74 Å². The van der Waals surface area contributed by atoms with Gasteiger partial charge in [-0.3, -0.25) is 10.4 Å². The minimum absolute atomic E-state index is 0.0567. The fourth-order valence-corrected chi connectivity index (χ4v) is 1.98. The first-order valence-electron chi connectivity index (χ1n) is 6.50. The Hall–Kier alpha value is -2.10. The van der Waals surface area contributed by atoms with E-state index in [9.17, 15) is 0 Å². The molecule has 0 aliphatic rings. The van der Waals surface area contributed by atoms with Gasteiger partial charge in [0.1, 0.15) is 11.6 Å². The molecule has 0 spiro atoms. The number of benzene rings is 1. The summed E-state index contributed by atoms with van der Waals surface area (Å²) in [4.78, 5) is 4.45. The molecule has 0 fully saturated rings. The molecule has 19 heavy (non-hydrogen) atoms. The molecule has 1 heterocycles. The van der Waals surface area contributed by atoms with Gasteiger partial charge in [-0.2, -0.15) is 0 Å². The van der Waals surface area contributed by atoms with Gasteiger partial charge in [-0.05, 0) is 37.6 Å². The molecule has 0 saturated carbocycles. The van der Waals surface area contributed by atoms with Crippen molar-refractivity contribution in [2.24, 2.45) is 5.73 Å². The molecule has 1 aromatic carbocycles. The van der Waals surface area contributed by atoms with Crippen LogP contribution in [0.1, 0.15) is 31.0 Å². The van der Waals surface area contributed by atoms with Crippen molar-refractivity contribution in [3.63, 3.8) is 0 Å². The molecule has 0 bridgehead atoms. The third kappa shape index (κ3) is 3.02. The highest BCUT2D eigenvalue weighted by Crippen LogP contribution is 2.23. The average Bonchev–Trinajstić information content (AvgIpc) is 2.38. The SMILES string of the molecule is CCCCOc1ccc2nc(C)cc(C(=N)N)c2c1. The lowest BCUT2D eigenvalue weighted by molar-refractivity contribution is 0.310. The maximum atomic E-state index is 7.66. The highest BCUT2D eigenvalue weighted by molar-refractivity contribution is 6.07. The molecule has 0 atom stereocenters. The van der Waals surface area contributed by atoms with Gasteiger partial charge in [0.05, 0.1) is 12.1 Å². The van der Waals surface area contributed by atoms with Crippen LogP contribution in [0.4, 0.5) is 0 Å². The summed E-state index contributed by atoms with van der Waals surface area (Å²) in [6, 6.07) is 7.57. The molecule has 2 aromatic rings. The van der Waals surface area contributed by atoms with E-state index >= 15 is 0 Å². The lowest BCUT2D eigenvalue weighted by Crippen LogP contribution is -2.12. The minimum atomic E-state index is 0.0567. The molecule has 2 rings (SSSR count). The van der Waals surface area contributed by atoms with Gasteiger partial charge in [0, 0.05) is 16.6 Å². The van der Waals surface area contributed by atoms with Gasteiger partial charge in [0.15, 0.2) is 0 Å². The number of hydrogen-bond acceptors (Lipinski definition) is 3. The van der Waals surface area contributed by atoms with E-state index in [1.54, 1.807) is 0 Å². The Bertz CT molecular complexity index is 608. The van der Waals surface area contributed by atoms with Crippen molar-refractivity contribution in [2.75, 3.05) is 6.61 Å². The summed E-state index contributed by atoms with van der Waals surface area (Å²) in [5.41, 5.74) is 8.05. The van der Waals surface area contributed by atoms with Crippen LogP contribution in [0.5, 0.6) is 5.75 Å². The second-order valence-corrected chi connectivity index (χ2v) is 4.61. The number of unbranched alkanes of at least 4 members (excludes halogenated alkanes) is 1. The average molecular weight is 257 g/mol. The molecule has 0 unspecified atom stereocenters. The van der Waals surface area contributed by atoms with E-state index in [-0.39, 0.29) is 5.84 Å². The second kappa shape index (κ2) is 5.69. The Labute approximate surface area is 113 Å². The standard InChI is InChI=1S/C15H19N3O/c1-3-4-7-19-11-5-6-14-12(9-11)13(15(16)17)8-10(2)18-14/h5-6,8-9H,3-4,7H2,1-2H3,(H3,16,17). The molecule has 3 N–H and O–H groups in total. The van der Waals surface area contributed by atoms with E-state index in [4.69, 9.17) is 15.9 Å². The van der Waals surface area contributed by atoms with Gasteiger partial charge in [-0.15, -0.1) is 0 Å². The molecule has 0 aliphatic carbocycles. The number of nitrogens with two attached hydrogens (primary N) is 1. The molecular weight excluding hydrogens is 238 g/mol. The topological polar surface area (TPSA) is 72.0 Å². The predicted molar refractivity (Wildman–Crippen MR) is 77.9 cm³/mol. The molecule has 100 valence electrons. The van der Waals surface area contributed by atoms with Gasteiger partial charge in [0.2, 0.25) is 0 Å². The number of hydrogen-bond donors (Lipinski definition) is 2. The first-order chi connectivity index (χ1) is 9.11. The van der Waals surface area contributed by atoms with Crippen LogP contribution < -0.4 is 10.5 Å². The highest BCUT2D eigenvalue weighted by atomic mass is 16.5. The predicted octanol–water partition coefficient (Wildman–Crippen LogP) is 3.01. The smallest absolute Gasteiger partial charge is 0.123 e. The second-order valence-electron chi connectivity index (χ2n) is 4.61. The van der Waals surface area contributed by atoms with Crippen LogP contribution in [-0.2, 0) is 0 Å². The molecule has 4 nitrogen and oxygen atoms in total. The lowest BCUT2D eigenvalue weighted by atomic mass is 10.1. The quantitative estimate of drug-likeness (QED) is 0.491. The van der Waals surface area contributed by atoms with Crippen molar-refractivity contribution in [1.29, 1.82) is 5.41 Å². The molecule has 0 aliphatic heterocycles. The first-order valence-corrected chi connectivity index (χ1v) is 6.50. The maximum absolute atomic E-state index is 7.66. The van der Waals surface area contributed by atoms with Gasteiger partial charge < -0.3 is 10.5 Å². The maximum Gasteiger partial charge on any atom is 0.123 e.